The summed E-state index contributed by atoms with van der Waals surface area (Å²) in [5.41, 5.74) is 0.650. The number of carbonyl (C=O) groups excluding carboxylic acids is 1. The van der Waals surface area contributed by atoms with Crippen molar-refractivity contribution in [2.24, 2.45) is 11.8 Å². The van der Waals surface area contributed by atoms with Crippen LogP contribution in [0.25, 0.3) is 0 Å². The zero-order chi connectivity index (χ0) is 17.1. The van der Waals surface area contributed by atoms with Gasteiger partial charge in [-0.25, -0.2) is 0 Å². The minimum atomic E-state index is 0. The minimum absolute atomic E-state index is 0. The Labute approximate surface area is 160 Å². The van der Waals surface area contributed by atoms with Gasteiger partial charge in [-0.05, 0) is 62.0 Å². The van der Waals surface area contributed by atoms with Crippen molar-refractivity contribution in [3.05, 3.63) is 60.2 Å². The summed E-state index contributed by atoms with van der Waals surface area (Å²) in [5.74, 6) is 2.89. The van der Waals surface area contributed by atoms with Gasteiger partial charge in [-0.2, -0.15) is 0 Å². The van der Waals surface area contributed by atoms with E-state index < -0.39 is 0 Å². The van der Waals surface area contributed by atoms with Gasteiger partial charge in [0.05, 0.1) is 5.56 Å². The van der Waals surface area contributed by atoms with Gasteiger partial charge in [0.25, 0.3) is 5.91 Å². The van der Waals surface area contributed by atoms with Crippen LogP contribution in [0.2, 0.25) is 0 Å². The Hall–Kier alpha value is -2.04. The van der Waals surface area contributed by atoms with Crippen molar-refractivity contribution in [2.75, 3.05) is 26.2 Å². The Bertz CT molecular complexity index is 724. The smallest absolute Gasteiger partial charge is 0.257 e. The van der Waals surface area contributed by atoms with Crippen molar-refractivity contribution in [1.29, 1.82) is 0 Å². The summed E-state index contributed by atoms with van der Waals surface area (Å²) in [6.07, 6.45) is 2.18. The molecule has 2 aromatic rings. The number of ether oxygens (including phenoxy) is 1. The number of nitrogens with one attached hydrogen (secondary N) is 1. The molecule has 0 unspecified atom stereocenters. The summed E-state index contributed by atoms with van der Waals surface area (Å²) in [6, 6.07) is 17.2. The van der Waals surface area contributed by atoms with Crippen molar-refractivity contribution in [1.82, 2.24) is 10.2 Å². The van der Waals surface area contributed by atoms with E-state index in [9.17, 15) is 4.79 Å². The summed E-state index contributed by atoms with van der Waals surface area (Å²) in [5, 5.41) is 3.48. The molecule has 1 amide bonds. The van der Waals surface area contributed by atoms with Crippen molar-refractivity contribution in [2.45, 2.75) is 12.8 Å². The maximum Gasteiger partial charge on any atom is 0.257 e. The number of nitrogens with zero attached hydrogens (tertiary/aromatic N) is 1. The van der Waals surface area contributed by atoms with Crippen LogP contribution in [-0.4, -0.2) is 37.0 Å². The fraction of sp³-hybridized carbons (Fsp3) is 0.381. The van der Waals surface area contributed by atoms with Gasteiger partial charge >= 0.3 is 0 Å². The molecular weight excluding hydrogens is 348 g/mol. The Morgan fingerprint density at radius 1 is 0.923 bits per heavy atom. The molecule has 2 aliphatic rings. The quantitative estimate of drug-likeness (QED) is 0.886. The molecule has 1 N–H and O–H groups in total. The van der Waals surface area contributed by atoms with E-state index in [1.54, 1.807) is 0 Å². The van der Waals surface area contributed by atoms with Crippen molar-refractivity contribution < 1.29 is 9.53 Å². The van der Waals surface area contributed by atoms with Crippen LogP contribution in [0.3, 0.4) is 0 Å². The average Bonchev–Trinajstić information content (AvgIpc) is 3.01. The molecule has 2 heterocycles. The Morgan fingerprint density at radius 2 is 1.54 bits per heavy atom. The number of halogens is 1. The summed E-state index contributed by atoms with van der Waals surface area (Å²) in [7, 11) is 0. The van der Waals surface area contributed by atoms with Crippen molar-refractivity contribution >= 4 is 18.3 Å². The van der Waals surface area contributed by atoms with Crippen LogP contribution in [-0.2, 0) is 0 Å². The Kier molecular flexibility index (Phi) is 6.17. The third-order valence-electron chi connectivity index (χ3n) is 5.40. The number of hydrogen-bond donors (Lipinski definition) is 1. The van der Waals surface area contributed by atoms with Crippen LogP contribution in [0.4, 0.5) is 0 Å². The van der Waals surface area contributed by atoms with Gasteiger partial charge in [0, 0.05) is 13.1 Å². The molecule has 0 spiro atoms. The molecule has 138 valence electrons. The van der Waals surface area contributed by atoms with Gasteiger partial charge in [-0.1, -0.05) is 30.3 Å². The van der Waals surface area contributed by atoms with Crippen molar-refractivity contribution in [3.63, 3.8) is 0 Å². The van der Waals surface area contributed by atoms with E-state index in [-0.39, 0.29) is 18.3 Å². The number of likely N-dealkylation sites (tertiary alicyclic amines) is 1. The maximum atomic E-state index is 13.1. The molecule has 2 fully saturated rings. The molecular formula is C21H25ClN2O2. The van der Waals surface area contributed by atoms with Crippen LogP contribution in [0, 0.1) is 11.8 Å². The topological polar surface area (TPSA) is 41.6 Å². The fourth-order valence-corrected chi connectivity index (χ4v) is 3.94. The van der Waals surface area contributed by atoms with E-state index >= 15 is 0 Å². The van der Waals surface area contributed by atoms with E-state index in [1.807, 2.05) is 59.5 Å². The van der Waals surface area contributed by atoms with E-state index in [4.69, 9.17) is 4.74 Å². The summed E-state index contributed by atoms with van der Waals surface area (Å²) < 4.78 is 5.97. The first-order valence-electron chi connectivity index (χ1n) is 9.13. The number of hydrogen-bond acceptors (Lipinski definition) is 3. The minimum Gasteiger partial charge on any atom is -0.457 e. The second-order valence-electron chi connectivity index (χ2n) is 6.96. The molecule has 2 atom stereocenters. The molecule has 0 radical (unpaired) electrons. The number of para-hydroxylation sites is 2. The van der Waals surface area contributed by atoms with Gasteiger partial charge in [-0.15, -0.1) is 12.4 Å². The molecule has 0 saturated carbocycles. The van der Waals surface area contributed by atoms with E-state index in [1.165, 1.54) is 0 Å². The molecule has 2 aliphatic heterocycles. The number of carbonyl (C=O) groups is 1. The highest BCUT2D eigenvalue weighted by molar-refractivity contribution is 5.97. The monoisotopic (exact) mass is 372 g/mol. The predicted molar refractivity (Wildman–Crippen MR) is 105 cm³/mol. The number of amides is 1. The third kappa shape index (κ3) is 4.02. The first-order chi connectivity index (χ1) is 12.3. The summed E-state index contributed by atoms with van der Waals surface area (Å²) in [6.45, 7) is 3.86. The predicted octanol–water partition coefficient (Wildman–Crippen LogP) is 3.97. The molecule has 2 aromatic carbocycles. The van der Waals surface area contributed by atoms with Gasteiger partial charge in [-0.3, -0.25) is 4.79 Å². The van der Waals surface area contributed by atoms with Gasteiger partial charge in [0.2, 0.25) is 0 Å². The second-order valence-corrected chi connectivity index (χ2v) is 6.96. The zero-order valence-electron chi connectivity index (χ0n) is 14.8. The first-order valence-corrected chi connectivity index (χ1v) is 9.13. The number of rotatable bonds is 3. The lowest BCUT2D eigenvalue weighted by Crippen LogP contribution is -2.33. The van der Waals surface area contributed by atoms with Crippen LogP contribution >= 0.6 is 12.4 Å². The Balaban J connectivity index is 0.00000196. The lowest BCUT2D eigenvalue weighted by Gasteiger charge is -2.22. The normalized spacial score (nSPS) is 22.1. The van der Waals surface area contributed by atoms with Gasteiger partial charge in [0.15, 0.2) is 0 Å². The first kappa shape index (κ1) is 18.7. The molecule has 26 heavy (non-hydrogen) atoms. The maximum absolute atomic E-state index is 13.1. The van der Waals surface area contributed by atoms with Gasteiger partial charge in [0.1, 0.15) is 11.5 Å². The highest BCUT2D eigenvalue weighted by Gasteiger charge is 2.32. The SMILES string of the molecule is Cl.O=C(c1ccccc1Oc1ccccc1)N1CC[C@@H]2CNC[C@@H]2CC1. The summed E-state index contributed by atoms with van der Waals surface area (Å²) >= 11 is 0. The lowest BCUT2D eigenvalue weighted by molar-refractivity contribution is 0.0756. The highest BCUT2D eigenvalue weighted by atomic mass is 35.5. The lowest BCUT2D eigenvalue weighted by atomic mass is 9.92. The fourth-order valence-electron chi connectivity index (χ4n) is 3.94. The average molecular weight is 373 g/mol. The number of benzene rings is 2. The van der Waals surface area contributed by atoms with Gasteiger partial charge < -0.3 is 15.0 Å². The molecule has 4 rings (SSSR count). The van der Waals surface area contributed by atoms with E-state index in [2.05, 4.69) is 5.32 Å². The zero-order valence-corrected chi connectivity index (χ0v) is 15.6. The molecule has 5 heteroatoms. The molecule has 0 aliphatic carbocycles. The van der Waals surface area contributed by atoms with Crippen LogP contribution in [0.1, 0.15) is 23.2 Å². The number of fused-ring (bicyclic) bond motifs is 1. The Morgan fingerprint density at radius 3 is 2.23 bits per heavy atom. The summed E-state index contributed by atoms with van der Waals surface area (Å²) in [4.78, 5) is 15.1. The van der Waals surface area contributed by atoms with Crippen LogP contribution in [0.15, 0.2) is 54.6 Å². The largest absolute Gasteiger partial charge is 0.457 e. The molecule has 4 nitrogen and oxygen atoms in total. The standard InChI is InChI=1S/C21H24N2O2.ClH/c24-21(23-12-10-16-14-22-15-17(16)11-13-23)19-8-4-5-9-20(19)25-18-6-2-1-3-7-18;/h1-9,16-17,22H,10-15H2;1H/t16-,17+;. The van der Waals surface area contributed by atoms with E-state index in [0.29, 0.717) is 23.1 Å². The highest BCUT2D eigenvalue weighted by Crippen LogP contribution is 2.30. The molecule has 0 bridgehead atoms. The molecule has 2 saturated heterocycles. The van der Waals surface area contributed by atoms with Crippen molar-refractivity contribution in [3.8, 4) is 11.5 Å². The van der Waals surface area contributed by atoms with Crippen LogP contribution in [0.5, 0.6) is 11.5 Å². The van der Waals surface area contributed by atoms with E-state index in [0.717, 1.165) is 44.8 Å². The molecule has 0 aromatic heterocycles. The second kappa shape index (κ2) is 8.56. The van der Waals surface area contributed by atoms with Crippen LogP contribution < -0.4 is 10.1 Å². The third-order valence-corrected chi connectivity index (χ3v) is 5.40.